The normalized spacial score (nSPS) is 17.0. The first-order chi connectivity index (χ1) is 10.2. The maximum atomic E-state index is 6.13. The summed E-state index contributed by atoms with van der Waals surface area (Å²) in [6.07, 6.45) is 4.20. The van der Waals surface area contributed by atoms with E-state index in [-0.39, 0.29) is 5.60 Å². The molecule has 1 saturated carbocycles. The lowest BCUT2D eigenvalue weighted by molar-refractivity contribution is -0.0161. The molecule has 5 heteroatoms. The molecule has 0 unspecified atom stereocenters. The van der Waals surface area contributed by atoms with Crippen LogP contribution in [-0.4, -0.2) is 17.1 Å². The summed E-state index contributed by atoms with van der Waals surface area (Å²) < 4.78 is 6.68. The zero-order valence-electron chi connectivity index (χ0n) is 12.0. The van der Waals surface area contributed by atoms with Crippen LogP contribution in [0.2, 0.25) is 0 Å². The number of nitrogen functional groups attached to an aromatic ring is 1. The Labute approximate surface area is 138 Å². The zero-order chi connectivity index (χ0) is 14.9. The molecule has 0 aliphatic heterocycles. The van der Waals surface area contributed by atoms with Crippen molar-refractivity contribution in [1.82, 2.24) is 9.97 Å². The number of halogens is 1. The SMILES string of the molecule is COC1(c2nc(N)c(I)c(-c3ccccc3)n2)CCCC1. The molecule has 4 nitrogen and oxygen atoms in total. The number of ether oxygens (including phenoxy) is 1. The predicted octanol–water partition coefficient (Wildman–Crippen LogP) is 3.75. The van der Waals surface area contributed by atoms with Crippen molar-refractivity contribution in [1.29, 1.82) is 0 Å². The molecule has 1 aromatic heterocycles. The van der Waals surface area contributed by atoms with Gasteiger partial charge in [0.15, 0.2) is 5.82 Å². The van der Waals surface area contributed by atoms with Crippen LogP contribution in [0, 0.1) is 3.57 Å². The highest BCUT2D eigenvalue weighted by molar-refractivity contribution is 14.1. The van der Waals surface area contributed by atoms with Gasteiger partial charge in [-0.25, -0.2) is 9.97 Å². The van der Waals surface area contributed by atoms with E-state index in [0.717, 1.165) is 46.3 Å². The molecule has 0 radical (unpaired) electrons. The number of benzene rings is 1. The van der Waals surface area contributed by atoms with Crippen LogP contribution in [-0.2, 0) is 10.3 Å². The number of hydrogen-bond donors (Lipinski definition) is 1. The van der Waals surface area contributed by atoms with E-state index in [0.29, 0.717) is 5.82 Å². The molecule has 0 atom stereocenters. The molecule has 1 aliphatic carbocycles. The maximum absolute atomic E-state index is 6.13. The van der Waals surface area contributed by atoms with Crippen molar-refractivity contribution >= 4 is 28.4 Å². The highest BCUT2D eigenvalue weighted by Gasteiger charge is 2.39. The minimum Gasteiger partial charge on any atom is -0.383 e. The Bertz CT molecular complexity index is 639. The summed E-state index contributed by atoms with van der Waals surface area (Å²) in [6, 6.07) is 10.1. The summed E-state index contributed by atoms with van der Waals surface area (Å²) in [4.78, 5) is 9.32. The van der Waals surface area contributed by atoms with Crippen LogP contribution < -0.4 is 5.73 Å². The summed E-state index contributed by atoms with van der Waals surface area (Å²) >= 11 is 2.21. The fourth-order valence-electron chi connectivity index (χ4n) is 2.92. The molecule has 1 heterocycles. The Kier molecular flexibility index (Phi) is 4.12. The number of rotatable bonds is 3. The van der Waals surface area contributed by atoms with Crippen molar-refractivity contribution in [3.63, 3.8) is 0 Å². The largest absolute Gasteiger partial charge is 0.383 e. The van der Waals surface area contributed by atoms with Crippen molar-refractivity contribution in [2.45, 2.75) is 31.3 Å². The van der Waals surface area contributed by atoms with Crippen molar-refractivity contribution < 1.29 is 4.74 Å². The lowest BCUT2D eigenvalue weighted by Crippen LogP contribution is -2.28. The van der Waals surface area contributed by atoms with Crippen molar-refractivity contribution in [3.05, 3.63) is 39.7 Å². The second-order valence-corrected chi connectivity index (χ2v) is 6.45. The van der Waals surface area contributed by atoms with Gasteiger partial charge in [0.2, 0.25) is 0 Å². The molecule has 0 amide bonds. The summed E-state index contributed by atoms with van der Waals surface area (Å²) in [5.74, 6) is 1.25. The Morgan fingerprint density at radius 2 is 1.81 bits per heavy atom. The van der Waals surface area contributed by atoms with Gasteiger partial charge in [-0.1, -0.05) is 30.3 Å². The zero-order valence-corrected chi connectivity index (χ0v) is 14.1. The molecule has 0 saturated heterocycles. The third kappa shape index (κ3) is 2.64. The standard InChI is InChI=1S/C16H18IN3O/c1-21-16(9-5-6-10-16)15-19-13(12(17)14(18)20-15)11-7-3-2-4-8-11/h2-4,7-8H,5-6,9-10H2,1H3,(H2,18,19,20). The summed E-state index contributed by atoms with van der Waals surface area (Å²) in [7, 11) is 1.74. The predicted molar refractivity (Wildman–Crippen MR) is 91.8 cm³/mol. The van der Waals surface area contributed by atoms with E-state index in [4.69, 9.17) is 15.5 Å². The van der Waals surface area contributed by atoms with E-state index in [1.54, 1.807) is 7.11 Å². The Balaban J connectivity index is 2.14. The summed E-state index contributed by atoms with van der Waals surface area (Å²) in [5, 5.41) is 0. The average molecular weight is 395 g/mol. The first kappa shape index (κ1) is 14.7. The minimum atomic E-state index is -0.373. The van der Waals surface area contributed by atoms with Gasteiger partial charge >= 0.3 is 0 Å². The fraction of sp³-hybridized carbons (Fsp3) is 0.375. The molecule has 1 fully saturated rings. The van der Waals surface area contributed by atoms with Crippen LogP contribution >= 0.6 is 22.6 Å². The van der Waals surface area contributed by atoms with Crippen molar-refractivity contribution in [3.8, 4) is 11.3 Å². The van der Waals surface area contributed by atoms with Crippen LogP contribution in [0.25, 0.3) is 11.3 Å². The topological polar surface area (TPSA) is 61.0 Å². The second kappa shape index (κ2) is 5.88. The Morgan fingerprint density at radius 1 is 1.14 bits per heavy atom. The number of hydrogen-bond acceptors (Lipinski definition) is 4. The molecule has 1 aliphatic rings. The van der Waals surface area contributed by atoms with Gasteiger partial charge < -0.3 is 10.5 Å². The number of methoxy groups -OCH3 is 1. The van der Waals surface area contributed by atoms with E-state index in [1.807, 2.05) is 30.3 Å². The monoisotopic (exact) mass is 395 g/mol. The highest BCUT2D eigenvalue weighted by Crippen LogP contribution is 2.41. The maximum Gasteiger partial charge on any atom is 0.163 e. The van der Waals surface area contributed by atoms with E-state index >= 15 is 0 Å². The van der Waals surface area contributed by atoms with Gasteiger partial charge in [-0.3, -0.25) is 0 Å². The minimum absolute atomic E-state index is 0.373. The summed E-state index contributed by atoms with van der Waals surface area (Å²) in [5.41, 5.74) is 7.70. The van der Waals surface area contributed by atoms with Crippen molar-refractivity contribution in [2.75, 3.05) is 12.8 Å². The molecular formula is C16H18IN3O. The molecule has 0 bridgehead atoms. The molecule has 2 aromatic rings. The molecule has 0 spiro atoms. The van der Waals surface area contributed by atoms with Gasteiger partial charge in [0.25, 0.3) is 0 Å². The van der Waals surface area contributed by atoms with Gasteiger partial charge in [-0.15, -0.1) is 0 Å². The smallest absolute Gasteiger partial charge is 0.163 e. The first-order valence-corrected chi connectivity index (χ1v) is 8.18. The van der Waals surface area contributed by atoms with E-state index < -0.39 is 0 Å². The fourth-order valence-corrected chi connectivity index (χ4v) is 3.47. The van der Waals surface area contributed by atoms with Crippen LogP contribution in [0.1, 0.15) is 31.5 Å². The molecule has 21 heavy (non-hydrogen) atoms. The summed E-state index contributed by atoms with van der Waals surface area (Å²) in [6.45, 7) is 0. The second-order valence-electron chi connectivity index (χ2n) is 5.37. The first-order valence-electron chi connectivity index (χ1n) is 7.10. The van der Waals surface area contributed by atoms with E-state index in [1.165, 1.54) is 0 Å². The number of aromatic nitrogens is 2. The van der Waals surface area contributed by atoms with Gasteiger partial charge in [0.05, 0.1) is 9.26 Å². The number of anilines is 1. The van der Waals surface area contributed by atoms with Gasteiger partial charge in [-0.2, -0.15) is 0 Å². The highest BCUT2D eigenvalue weighted by atomic mass is 127. The lowest BCUT2D eigenvalue weighted by Gasteiger charge is -2.26. The van der Waals surface area contributed by atoms with Crippen LogP contribution in [0.15, 0.2) is 30.3 Å². The van der Waals surface area contributed by atoms with Gasteiger partial charge in [0, 0.05) is 12.7 Å². The van der Waals surface area contributed by atoms with Crippen LogP contribution in [0.4, 0.5) is 5.82 Å². The van der Waals surface area contributed by atoms with Gasteiger partial charge in [-0.05, 0) is 48.3 Å². The van der Waals surface area contributed by atoms with Crippen LogP contribution in [0.5, 0.6) is 0 Å². The molecule has 3 rings (SSSR count). The van der Waals surface area contributed by atoms with E-state index in [9.17, 15) is 0 Å². The third-order valence-electron chi connectivity index (χ3n) is 4.13. The number of nitrogens with two attached hydrogens (primary N) is 1. The quantitative estimate of drug-likeness (QED) is 0.805. The molecule has 110 valence electrons. The average Bonchev–Trinajstić information content (AvgIpc) is 3.01. The Hall–Kier alpha value is -1.21. The molecule has 2 N–H and O–H groups in total. The number of nitrogens with zero attached hydrogens (tertiary/aromatic N) is 2. The molecular weight excluding hydrogens is 377 g/mol. The third-order valence-corrected chi connectivity index (χ3v) is 5.20. The van der Waals surface area contributed by atoms with E-state index in [2.05, 4.69) is 27.6 Å². The van der Waals surface area contributed by atoms with Crippen molar-refractivity contribution in [2.24, 2.45) is 0 Å². The lowest BCUT2D eigenvalue weighted by atomic mass is 10.0. The van der Waals surface area contributed by atoms with Crippen LogP contribution in [0.3, 0.4) is 0 Å². The molecule has 1 aromatic carbocycles. The van der Waals surface area contributed by atoms with Gasteiger partial charge in [0.1, 0.15) is 11.4 Å². The Morgan fingerprint density at radius 3 is 2.43 bits per heavy atom.